The van der Waals surface area contributed by atoms with Gasteiger partial charge in [-0.2, -0.15) is 13.2 Å². The third kappa shape index (κ3) is 2.47. The van der Waals surface area contributed by atoms with Crippen LogP contribution in [0.1, 0.15) is 25.7 Å². The number of aliphatic hydroxyl groups is 1. The van der Waals surface area contributed by atoms with Crippen LogP contribution in [-0.4, -0.2) is 46.8 Å². The molecule has 1 aliphatic carbocycles. The van der Waals surface area contributed by atoms with E-state index in [4.69, 9.17) is 5.73 Å². The smallest absolute Gasteiger partial charge is 0.417 e. The van der Waals surface area contributed by atoms with Gasteiger partial charge >= 0.3 is 6.18 Å². The molecule has 1 heterocycles. The van der Waals surface area contributed by atoms with E-state index in [2.05, 4.69) is 0 Å². The first-order valence-corrected chi connectivity index (χ1v) is 6.04. The molecule has 104 valence electrons. The maximum atomic E-state index is 12.6. The van der Waals surface area contributed by atoms with E-state index in [0.29, 0.717) is 0 Å². The quantitative estimate of drug-likeness (QED) is 0.826. The number of hydrogen-bond acceptors (Lipinski definition) is 2. The summed E-state index contributed by atoms with van der Waals surface area (Å²) in [4.78, 5) is 13.1. The van der Waals surface area contributed by atoms with E-state index in [1.807, 2.05) is 0 Å². The average molecular weight is 265 g/mol. The fourth-order valence-corrected chi connectivity index (χ4v) is 2.21. The van der Waals surface area contributed by atoms with E-state index in [9.17, 15) is 23.1 Å². The molecular weight excluding hydrogens is 249 g/mol. The summed E-state index contributed by atoms with van der Waals surface area (Å²) in [6.45, 7) is -0.256. The molecular formula is C11H16F3N2O2-. The number of nitrogens with one attached hydrogen (secondary N) is 1. The summed E-state index contributed by atoms with van der Waals surface area (Å²) in [5, 5.41) is 9.46. The van der Waals surface area contributed by atoms with E-state index in [0.717, 1.165) is 12.8 Å². The Balaban J connectivity index is 1.92. The molecule has 1 aliphatic heterocycles. The van der Waals surface area contributed by atoms with Gasteiger partial charge in [0.05, 0.1) is 0 Å². The van der Waals surface area contributed by atoms with E-state index in [1.165, 1.54) is 4.90 Å². The monoisotopic (exact) mass is 265 g/mol. The Morgan fingerprint density at radius 2 is 1.83 bits per heavy atom. The average Bonchev–Trinajstić information content (AvgIpc) is 3.10. The minimum atomic E-state index is -4.65. The molecule has 0 aromatic heterocycles. The molecule has 1 saturated carbocycles. The summed E-state index contributed by atoms with van der Waals surface area (Å²) in [5.74, 6) is -0.331. The van der Waals surface area contributed by atoms with Gasteiger partial charge < -0.3 is 15.7 Å². The molecule has 1 saturated heterocycles. The molecule has 7 heteroatoms. The summed E-state index contributed by atoms with van der Waals surface area (Å²) >= 11 is 0. The molecule has 0 aromatic carbocycles. The van der Waals surface area contributed by atoms with Crippen LogP contribution in [0, 0.1) is 5.92 Å². The highest BCUT2D eigenvalue weighted by Crippen LogP contribution is 2.39. The molecule has 2 aliphatic rings. The number of rotatable bonds is 2. The minimum Gasteiger partial charge on any atom is -0.667 e. The van der Waals surface area contributed by atoms with Gasteiger partial charge in [-0.05, 0) is 5.92 Å². The third-order valence-electron chi connectivity index (χ3n) is 3.79. The Kier molecular flexibility index (Phi) is 3.31. The van der Waals surface area contributed by atoms with Gasteiger partial charge in [0.1, 0.15) is 0 Å². The SMILES string of the molecule is [NH-][C@@H](C(=O)N1CCC(O)(C(F)(F)F)CC1)C1CC1. The van der Waals surface area contributed by atoms with Crippen LogP contribution in [-0.2, 0) is 4.79 Å². The molecule has 2 rings (SSSR count). The van der Waals surface area contributed by atoms with Crippen LogP contribution in [0.15, 0.2) is 0 Å². The van der Waals surface area contributed by atoms with Crippen molar-refractivity contribution in [3.05, 3.63) is 5.73 Å². The number of carbonyl (C=O) groups excluding carboxylic acids is 1. The zero-order valence-electron chi connectivity index (χ0n) is 9.83. The number of nitrogens with zero attached hydrogens (tertiary/aromatic N) is 1. The first-order chi connectivity index (χ1) is 8.24. The predicted octanol–water partition coefficient (Wildman–Crippen LogP) is 1.73. The molecule has 0 spiro atoms. The van der Waals surface area contributed by atoms with E-state index >= 15 is 0 Å². The molecule has 18 heavy (non-hydrogen) atoms. The number of piperidine rings is 1. The summed E-state index contributed by atoms with van der Waals surface area (Å²) in [6, 6.07) is -0.845. The number of hydrogen-bond donors (Lipinski definition) is 1. The van der Waals surface area contributed by atoms with Gasteiger partial charge in [-0.3, -0.25) is 4.79 Å². The van der Waals surface area contributed by atoms with Crippen LogP contribution in [0.2, 0.25) is 0 Å². The van der Waals surface area contributed by atoms with E-state index in [-0.39, 0.29) is 19.0 Å². The lowest BCUT2D eigenvalue weighted by molar-refractivity contribution is -0.272. The Morgan fingerprint density at radius 1 is 1.33 bits per heavy atom. The highest BCUT2D eigenvalue weighted by Gasteiger charge is 2.55. The van der Waals surface area contributed by atoms with Crippen LogP contribution in [0.4, 0.5) is 13.2 Å². The molecule has 1 atom stereocenters. The Bertz CT molecular complexity index is 334. The van der Waals surface area contributed by atoms with Crippen molar-refractivity contribution in [3.63, 3.8) is 0 Å². The highest BCUT2D eigenvalue weighted by atomic mass is 19.4. The van der Waals surface area contributed by atoms with Crippen LogP contribution >= 0.6 is 0 Å². The fourth-order valence-electron chi connectivity index (χ4n) is 2.21. The molecule has 0 aromatic rings. The largest absolute Gasteiger partial charge is 0.667 e. The van der Waals surface area contributed by atoms with Crippen LogP contribution in [0.5, 0.6) is 0 Å². The van der Waals surface area contributed by atoms with E-state index < -0.39 is 36.6 Å². The molecule has 4 nitrogen and oxygen atoms in total. The third-order valence-corrected chi connectivity index (χ3v) is 3.79. The van der Waals surface area contributed by atoms with Crippen molar-refractivity contribution in [1.29, 1.82) is 0 Å². The number of amides is 1. The lowest BCUT2D eigenvalue weighted by Gasteiger charge is -2.40. The van der Waals surface area contributed by atoms with Crippen LogP contribution < -0.4 is 0 Å². The first kappa shape index (κ1) is 13.6. The number of halogens is 3. The maximum Gasteiger partial charge on any atom is 0.417 e. The summed E-state index contributed by atoms with van der Waals surface area (Å²) < 4.78 is 37.7. The van der Waals surface area contributed by atoms with Crippen molar-refractivity contribution < 1.29 is 23.1 Å². The van der Waals surface area contributed by atoms with Crippen LogP contribution in [0.25, 0.3) is 5.73 Å². The number of carbonyl (C=O) groups is 1. The van der Waals surface area contributed by atoms with Gasteiger partial charge in [0.25, 0.3) is 0 Å². The number of likely N-dealkylation sites (tertiary alicyclic amines) is 1. The first-order valence-electron chi connectivity index (χ1n) is 6.04. The molecule has 1 amide bonds. The second-order valence-electron chi connectivity index (χ2n) is 5.17. The summed E-state index contributed by atoms with van der Waals surface area (Å²) in [5.41, 5.74) is 5.00. The van der Waals surface area contributed by atoms with Crippen molar-refractivity contribution >= 4 is 5.91 Å². The van der Waals surface area contributed by atoms with Crippen LogP contribution in [0.3, 0.4) is 0 Å². The standard InChI is InChI=1S/C11H16F3N2O2/c12-11(13,14)10(18)3-5-16(6-4-10)9(17)8(15)7-1-2-7/h7-8,15,18H,1-6H2/q-1/t8-/m1/s1. The zero-order valence-corrected chi connectivity index (χ0v) is 9.83. The second-order valence-corrected chi connectivity index (χ2v) is 5.17. The lowest BCUT2D eigenvalue weighted by atomic mass is 9.90. The van der Waals surface area contributed by atoms with Crippen molar-refractivity contribution in [3.8, 4) is 0 Å². The van der Waals surface area contributed by atoms with Gasteiger partial charge in [-0.25, -0.2) is 0 Å². The van der Waals surface area contributed by atoms with Crippen molar-refractivity contribution in [2.75, 3.05) is 13.1 Å². The van der Waals surface area contributed by atoms with Gasteiger partial charge in [0.15, 0.2) is 5.60 Å². The van der Waals surface area contributed by atoms with Gasteiger partial charge in [0.2, 0.25) is 5.91 Å². The summed E-state index contributed by atoms with van der Waals surface area (Å²) in [7, 11) is 0. The Morgan fingerprint density at radius 3 is 2.22 bits per heavy atom. The van der Waals surface area contributed by atoms with Crippen molar-refractivity contribution in [1.82, 2.24) is 4.90 Å². The van der Waals surface area contributed by atoms with Crippen molar-refractivity contribution in [2.45, 2.75) is 43.5 Å². The second kappa shape index (κ2) is 4.38. The van der Waals surface area contributed by atoms with Gasteiger partial charge in [-0.1, -0.05) is 18.9 Å². The predicted molar refractivity (Wildman–Crippen MR) is 57.7 cm³/mol. The maximum absolute atomic E-state index is 12.6. The molecule has 0 unspecified atom stereocenters. The van der Waals surface area contributed by atoms with Gasteiger partial charge in [-0.15, -0.1) is 0 Å². The Labute approximate surface area is 103 Å². The Hall–Kier alpha value is -0.820. The molecule has 0 radical (unpaired) electrons. The summed E-state index contributed by atoms with van der Waals surface area (Å²) in [6.07, 6.45) is -3.96. The van der Waals surface area contributed by atoms with Gasteiger partial charge in [0, 0.05) is 25.9 Å². The molecule has 2 fully saturated rings. The van der Waals surface area contributed by atoms with E-state index in [1.54, 1.807) is 0 Å². The number of alkyl halides is 3. The topological polar surface area (TPSA) is 64.3 Å². The zero-order chi connectivity index (χ0) is 13.6. The molecule has 2 N–H and O–H groups in total. The molecule has 0 bridgehead atoms. The highest BCUT2D eigenvalue weighted by molar-refractivity contribution is 5.84. The van der Waals surface area contributed by atoms with Crippen molar-refractivity contribution in [2.24, 2.45) is 5.92 Å². The normalized spacial score (nSPS) is 25.9. The minimum absolute atomic E-state index is 0.0703. The fraction of sp³-hybridized carbons (Fsp3) is 0.909. The lowest BCUT2D eigenvalue weighted by Crippen LogP contribution is -2.55.